The molecule has 0 radical (unpaired) electrons. The molecule has 0 aliphatic heterocycles. The van der Waals surface area contributed by atoms with Gasteiger partial charge in [0.15, 0.2) is 5.69 Å². The summed E-state index contributed by atoms with van der Waals surface area (Å²) >= 11 is 0. The van der Waals surface area contributed by atoms with E-state index in [1.807, 2.05) is 13.8 Å². The van der Waals surface area contributed by atoms with Crippen LogP contribution in [0.4, 0.5) is 5.82 Å². The van der Waals surface area contributed by atoms with Crippen molar-refractivity contribution in [2.75, 3.05) is 11.4 Å². The number of rotatable bonds is 5. The molecule has 0 spiro atoms. The lowest BCUT2D eigenvalue weighted by Gasteiger charge is -2.25. The normalized spacial score (nSPS) is 10.3. The Labute approximate surface area is 98.3 Å². The van der Waals surface area contributed by atoms with Gasteiger partial charge in [-0.05, 0) is 13.8 Å². The summed E-state index contributed by atoms with van der Waals surface area (Å²) in [5.41, 5.74) is 4.98. The fourth-order valence-corrected chi connectivity index (χ4v) is 1.28. The summed E-state index contributed by atoms with van der Waals surface area (Å²) in [6.07, 6.45) is 2.46. The van der Waals surface area contributed by atoms with E-state index in [0.29, 0.717) is 5.82 Å². The average molecular weight is 238 g/mol. The lowest BCUT2D eigenvalue weighted by Crippen LogP contribution is -2.39. The second kappa shape index (κ2) is 5.24. The summed E-state index contributed by atoms with van der Waals surface area (Å²) in [6, 6.07) is 0.00692. The first-order valence-electron chi connectivity index (χ1n) is 5.02. The van der Waals surface area contributed by atoms with Gasteiger partial charge in [-0.15, -0.1) is 0 Å². The Balaban J connectivity index is 2.95. The topological polar surface area (TPSA) is 109 Å². The zero-order valence-electron chi connectivity index (χ0n) is 9.62. The molecule has 0 aliphatic rings. The van der Waals surface area contributed by atoms with Gasteiger partial charge in [-0.2, -0.15) is 0 Å². The molecular weight excluding hydrogens is 224 g/mol. The minimum Gasteiger partial charge on any atom is -0.476 e. The second-order valence-corrected chi connectivity index (χ2v) is 3.75. The van der Waals surface area contributed by atoms with Crippen LogP contribution in [0.3, 0.4) is 0 Å². The van der Waals surface area contributed by atoms with E-state index in [4.69, 9.17) is 10.8 Å². The molecule has 0 aromatic carbocycles. The zero-order chi connectivity index (χ0) is 13.0. The number of nitrogens with zero attached hydrogens (tertiary/aromatic N) is 3. The largest absolute Gasteiger partial charge is 0.476 e. The number of hydrogen-bond acceptors (Lipinski definition) is 5. The zero-order valence-corrected chi connectivity index (χ0v) is 9.62. The number of aromatic carboxylic acids is 1. The third-order valence-electron chi connectivity index (χ3n) is 2.10. The van der Waals surface area contributed by atoms with E-state index in [1.54, 1.807) is 4.90 Å². The number of primary amides is 1. The van der Waals surface area contributed by atoms with Gasteiger partial charge in [0.25, 0.3) is 0 Å². The first kappa shape index (κ1) is 12.9. The quantitative estimate of drug-likeness (QED) is 0.739. The molecule has 0 aliphatic carbocycles. The van der Waals surface area contributed by atoms with Gasteiger partial charge in [0.1, 0.15) is 5.82 Å². The molecule has 0 fully saturated rings. The van der Waals surface area contributed by atoms with Gasteiger partial charge in [0, 0.05) is 6.04 Å². The van der Waals surface area contributed by atoms with E-state index in [0.717, 1.165) is 6.20 Å². The van der Waals surface area contributed by atoms with Crippen LogP contribution in [0, 0.1) is 0 Å². The third kappa shape index (κ3) is 3.40. The Morgan fingerprint density at radius 2 is 2.06 bits per heavy atom. The van der Waals surface area contributed by atoms with Crippen LogP contribution < -0.4 is 10.6 Å². The summed E-state index contributed by atoms with van der Waals surface area (Å²) in [5, 5.41) is 8.68. The standard InChI is InChI=1S/C10H14N4O3/c1-6(2)14(5-8(11)15)9-4-12-7(3-13-9)10(16)17/h3-4,6H,5H2,1-2H3,(H2,11,15)(H,16,17). The van der Waals surface area contributed by atoms with Gasteiger partial charge in [-0.25, -0.2) is 14.8 Å². The predicted octanol–water partition coefficient (Wildman–Crippen LogP) is -0.125. The van der Waals surface area contributed by atoms with E-state index in [-0.39, 0.29) is 18.3 Å². The summed E-state index contributed by atoms with van der Waals surface area (Å²) < 4.78 is 0. The Bertz CT molecular complexity index is 416. The number of carboxylic acid groups (broad SMARTS) is 1. The highest BCUT2D eigenvalue weighted by Gasteiger charge is 2.15. The Morgan fingerprint density at radius 1 is 1.41 bits per heavy atom. The van der Waals surface area contributed by atoms with Crippen LogP contribution in [-0.2, 0) is 4.79 Å². The maximum absolute atomic E-state index is 10.9. The maximum Gasteiger partial charge on any atom is 0.356 e. The molecule has 3 N–H and O–H groups in total. The first-order chi connectivity index (χ1) is 7.91. The summed E-state index contributed by atoms with van der Waals surface area (Å²) in [4.78, 5) is 30.8. The average Bonchev–Trinajstić information content (AvgIpc) is 2.25. The van der Waals surface area contributed by atoms with Gasteiger partial charge < -0.3 is 15.7 Å². The van der Waals surface area contributed by atoms with Crippen molar-refractivity contribution in [1.82, 2.24) is 9.97 Å². The SMILES string of the molecule is CC(C)N(CC(N)=O)c1cnc(C(=O)O)cn1. The molecule has 0 unspecified atom stereocenters. The lowest BCUT2D eigenvalue weighted by molar-refractivity contribution is -0.116. The van der Waals surface area contributed by atoms with Gasteiger partial charge in [0.05, 0.1) is 18.9 Å². The molecule has 1 amide bonds. The molecule has 7 heteroatoms. The van der Waals surface area contributed by atoms with Crippen LogP contribution in [-0.4, -0.2) is 39.5 Å². The molecule has 1 aromatic heterocycles. The van der Waals surface area contributed by atoms with Crippen molar-refractivity contribution in [3.05, 3.63) is 18.1 Å². The highest BCUT2D eigenvalue weighted by molar-refractivity contribution is 5.85. The molecule has 0 atom stereocenters. The minimum absolute atomic E-state index is 0.00692. The molecule has 1 aromatic rings. The van der Waals surface area contributed by atoms with Crippen molar-refractivity contribution >= 4 is 17.7 Å². The van der Waals surface area contributed by atoms with E-state index < -0.39 is 11.9 Å². The molecule has 17 heavy (non-hydrogen) atoms. The van der Waals surface area contributed by atoms with Crippen molar-refractivity contribution in [1.29, 1.82) is 0 Å². The number of nitrogens with two attached hydrogens (primary N) is 1. The van der Waals surface area contributed by atoms with E-state index in [2.05, 4.69) is 9.97 Å². The van der Waals surface area contributed by atoms with Crippen LogP contribution in [0.25, 0.3) is 0 Å². The van der Waals surface area contributed by atoms with Crippen molar-refractivity contribution in [2.45, 2.75) is 19.9 Å². The van der Waals surface area contributed by atoms with E-state index in [1.165, 1.54) is 6.20 Å². The summed E-state index contributed by atoms with van der Waals surface area (Å²) in [5.74, 6) is -1.21. The molecule has 0 bridgehead atoms. The molecular formula is C10H14N4O3. The molecule has 1 rings (SSSR count). The van der Waals surface area contributed by atoms with Crippen LogP contribution in [0.5, 0.6) is 0 Å². The summed E-state index contributed by atoms with van der Waals surface area (Å²) in [7, 11) is 0. The number of carbonyl (C=O) groups is 2. The minimum atomic E-state index is -1.14. The fraction of sp³-hybridized carbons (Fsp3) is 0.400. The van der Waals surface area contributed by atoms with Crippen LogP contribution in [0.2, 0.25) is 0 Å². The molecule has 92 valence electrons. The van der Waals surface area contributed by atoms with Gasteiger partial charge in [-0.3, -0.25) is 4.79 Å². The highest BCUT2D eigenvalue weighted by Crippen LogP contribution is 2.12. The number of hydrogen-bond donors (Lipinski definition) is 2. The van der Waals surface area contributed by atoms with Crippen molar-refractivity contribution < 1.29 is 14.7 Å². The molecule has 7 nitrogen and oxygen atoms in total. The Morgan fingerprint density at radius 3 is 2.41 bits per heavy atom. The Kier molecular flexibility index (Phi) is 3.97. The van der Waals surface area contributed by atoms with E-state index >= 15 is 0 Å². The molecule has 0 saturated carbocycles. The molecule has 0 saturated heterocycles. The smallest absolute Gasteiger partial charge is 0.356 e. The molecule has 1 heterocycles. The Hall–Kier alpha value is -2.18. The van der Waals surface area contributed by atoms with Gasteiger partial charge >= 0.3 is 5.97 Å². The monoisotopic (exact) mass is 238 g/mol. The van der Waals surface area contributed by atoms with Crippen LogP contribution >= 0.6 is 0 Å². The third-order valence-corrected chi connectivity index (χ3v) is 2.10. The highest BCUT2D eigenvalue weighted by atomic mass is 16.4. The lowest BCUT2D eigenvalue weighted by atomic mass is 10.3. The van der Waals surface area contributed by atoms with Crippen molar-refractivity contribution in [3.8, 4) is 0 Å². The number of aromatic nitrogens is 2. The number of carbonyl (C=O) groups excluding carboxylic acids is 1. The van der Waals surface area contributed by atoms with Crippen LogP contribution in [0.1, 0.15) is 24.3 Å². The second-order valence-electron chi connectivity index (χ2n) is 3.75. The van der Waals surface area contributed by atoms with Crippen molar-refractivity contribution in [3.63, 3.8) is 0 Å². The summed E-state index contributed by atoms with van der Waals surface area (Å²) in [6.45, 7) is 3.75. The number of anilines is 1. The predicted molar refractivity (Wildman–Crippen MR) is 60.7 cm³/mol. The van der Waals surface area contributed by atoms with Crippen molar-refractivity contribution in [2.24, 2.45) is 5.73 Å². The fourth-order valence-electron chi connectivity index (χ4n) is 1.28. The van der Waals surface area contributed by atoms with Crippen LogP contribution in [0.15, 0.2) is 12.4 Å². The number of carboxylic acids is 1. The van der Waals surface area contributed by atoms with Gasteiger partial charge in [-0.1, -0.05) is 0 Å². The first-order valence-corrected chi connectivity index (χ1v) is 5.02. The van der Waals surface area contributed by atoms with E-state index in [9.17, 15) is 9.59 Å². The number of amides is 1. The van der Waals surface area contributed by atoms with Gasteiger partial charge in [0.2, 0.25) is 5.91 Å². The maximum atomic E-state index is 10.9.